The van der Waals surface area contributed by atoms with E-state index < -0.39 is 5.97 Å². The summed E-state index contributed by atoms with van der Waals surface area (Å²) in [7, 11) is 0. The predicted molar refractivity (Wildman–Crippen MR) is 78.4 cm³/mol. The molecule has 1 aliphatic rings. The van der Waals surface area contributed by atoms with E-state index in [0.717, 1.165) is 32.4 Å². The zero-order valence-corrected chi connectivity index (χ0v) is 12.2. The van der Waals surface area contributed by atoms with Crippen molar-refractivity contribution in [3.8, 4) is 5.75 Å². The number of piperidine rings is 1. The molecule has 1 unspecified atom stereocenters. The molecule has 0 saturated carbocycles. The lowest BCUT2D eigenvalue weighted by atomic mass is 9.99. The van der Waals surface area contributed by atoms with E-state index in [1.165, 1.54) is 0 Å². The molecule has 4 nitrogen and oxygen atoms in total. The molecule has 0 bridgehead atoms. The molecule has 1 fully saturated rings. The highest BCUT2D eigenvalue weighted by Crippen LogP contribution is 2.24. The maximum atomic E-state index is 10.9. The number of ether oxygens (including phenoxy) is 1. The van der Waals surface area contributed by atoms with Crippen molar-refractivity contribution in [2.75, 3.05) is 19.7 Å². The Balaban J connectivity index is 1.82. The molecule has 0 aliphatic carbocycles. The van der Waals surface area contributed by atoms with Crippen molar-refractivity contribution in [3.05, 3.63) is 29.3 Å². The largest absolute Gasteiger partial charge is 0.491 e. The fraction of sp³-hybridized carbons (Fsp3) is 0.533. The van der Waals surface area contributed by atoms with E-state index in [4.69, 9.17) is 21.4 Å². The van der Waals surface area contributed by atoms with Crippen molar-refractivity contribution >= 4 is 17.6 Å². The lowest BCUT2D eigenvalue weighted by Crippen LogP contribution is -2.42. The van der Waals surface area contributed by atoms with Gasteiger partial charge in [0.15, 0.2) is 0 Å². The van der Waals surface area contributed by atoms with Gasteiger partial charge in [-0.2, -0.15) is 0 Å². The molecule has 0 aromatic heterocycles. The molecular weight excluding hydrogens is 278 g/mol. The van der Waals surface area contributed by atoms with Crippen molar-refractivity contribution in [1.29, 1.82) is 0 Å². The Kier molecular flexibility index (Phi) is 5.68. The number of likely N-dealkylation sites (tertiary alicyclic amines) is 1. The Labute approximate surface area is 124 Å². The van der Waals surface area contributed by atoms with Crippen LogP contribution in [-0.4, -0.2) is 41.7 Å². The standard InChI is InChI=1S/C15H20ClNO3/c16-13-6-1-2-7-14(13)20-10-9-17-8-4-3-5-12(17)11-15(18)19/h1-2,6-7,12H,3-5,8-11H2,(H,18,19). The molecule has 1 atom stereocenters. The van der Waals surface area contributed by atoms with Crippen molar-refractivity contribution in [3.63, 3.8) is 0 Å². The molecule has 0 radical (unpaired) electrons. The number of nitrogens with zero attached hydrogens (tertiary/aromatic N) is 1. The number of carboxylic acid groups (broad SMARTS) is 1. The number of hydrogen-bond donors (Lipinski definition) is 1. The minimum Gasteiger partial charge on any atom is -0.491 e. The van der Waals surface area contributed by atoms with E-state index in [1.54, 1.807) is 6.07 Å². The van der Waals surface area contributed by atoms with Gasteiger partial charge in [0.05, 0.1) is 11.4 Å². The van der Waals surface area contributed by atoms with Gasteiger partial charge in [-0.15, -0.1) is 0 Å². The Hall–Kier alpha value is -1.26. The third kappa shape index (κ3) is 4.39. The molecule has 2 rings (SSSR count). The van der Waals surface area contributed by atoms with Gasteiger partial charge >= 0.3 is 5.97 Å². The van der Waals surface area contributed by atoms with Crippen molar-refractivity contribution < 1.29 is 14.6 Å². The van der Waals surface area contributed by atoms with E-state index in [1.807, 2.05) is 18.2 Å². The van der Waals surface area contributed by atoms with Crippen LogP contribution in [-0.2, 0) is 4.79 Å². The van der Waals surface area contributed by atoms with Crippen LogP contribution >= 0.6 is 11.6 Å². The number of para-hydroxylation sites is 1. The molecule has 110 valence electrons. The van der Waals surface area contributed by atoms with Gasteiger partial charge in [0.1, 0.15) is 12.4 Å². The summed E-state index contributed by atoms with van der Waals surface area (Å²) in [6.07, 6.45) is 3.41. The molecule has 0 amide bonds. The first-order chi connectivity index (χ1) is 9.66. The molecule has 1 saturated heterocycles. The summed E-state index contributed by atoms with van der Waals surface area (Å²) in [5, 5.41) is 9.55. The normalized spacial score (nSPS) is 19.8. The number of benzene rings is 1. The van der Waals surface area contributed by atoms with Gasteiger partial charge in [0, 0.05) is 12.6 Å². The van der Waals surface area contributed by atoms with Crippen molar-refractivity contribution in [2.45, 2.75) is 31.7 Å². The molecule has 0 spiro atoms. The minimum absolute atomic E-state index is 0.135. The highest BCUT2D eigenvalue weighted by Gasteiger charge is 2.24. The highest BCUT2D eigenvalue weighted by atomic mass is 35.5. The Bertz CT molecular complexity index is 452. The van der Waals surface area contributed by atoms with E-state index in [0.29, 0.717) is 17.4 Å². The van der Waals surface area contributed by atoms with Gasteiger partial charge in [-0.25, -0.2) is 0 Å². The van der Waals surface area contributed by atoms with Gasteiger partial charge in [-0.1, -0.05) is 30.2 Å². The van der Waals surface area contributed by atoms with E-state index in [2.05, 4.69) is 4.90 Å². The third-order valence-electron chi connectivity index (χ3n) is 3.63. The minimum atomic E-state index is -0.728. The van der Waals surface area contributed by atoms with Crippen LogP contribution in [0.5, 0.6) is 5.75 Å². The second-order valence-corrected chi connectivity index (χ2v) is 5.47. The van der Waals surface area contributed by atoms with Crippen molar-refractivity contribution in [2.24, 2.45) is 0 Å². The van der Waals surface area contributed by atoms with E-state index >= 15 is 0 Å². The van der Waals surface area contributed by atoms with E-state index in [9.17, 15) is 4.79 Å². The van der Waals surface area contributed by atoms with Gasteiger partial charge in [0.2, 0.25) is 0 Å². The van der Waals surface area contributed by atoms with Crippen LogP contribution in [0.4, 0.5) is 0 Å². The Morgan fingerprint density at radius 3 is 2.95 bits per heavy atom. The molecule has 1 N–H and O–H groups in total. The lowest BCUT2D eigenvalue weighted by Gasteiger charge is -2.34. The van der Waals surface area contributed by atoms with E-state index in [-0.39, 0.29) is 12.5 Å². The number of halogens is 1. The SMILES string of the molecule is O=C(O)CC1CCCCN1CCOc1ccccc1Cl. The van der Waals surface area contributed by atoms with Crippen LogP contribution < -0.4 is 4.74 Å². The zero-order chi connectivity index (χ0) is 14.4. The molecule has 1 heterocycles. The van der Waals surface area contributed by atoms with Gasteiger partial charge in [-0.05, 0) is 31.5 Å². The summed E-state index contributed by atoms with van der Waals surface area (Å²) in [5.41, 5.74) is 0. The van der Waals surface area contributed by atoms with Crippen molar-refractivity contribution in [1.82, 2.24) is 4.90 Å². The summed E-state index contributed by atoms with van der Waals surface area (Å²) in [6, 6.07) is 7.52. The number of aliphatic carboxylic acids is 1. The summed E-state index contributed by atoms with van der Waals surface area (Å²) in [4.78, 5) is 13.1. The maximum absolute atomic E-state index is 10.9. The lowest BCUT2D eigenvalue weighted by molar-refractivity contribution is -0.138. The first-order valence-electron chi connectivity index (χ1n) is 7.00. The third-order valence-corrected chi connectivity index (χ3v) is 3.94. The van der Waals surface area contributed by atoms with Crippen LogP contribution in [0, 0.1) is 0 Å². The molecule has 1 aromatic rings. The number of carboxylic acids is 1. The molecule has 1 aliphatic heterocycles. The van der Waals surface area contributed by atoms with Crippen LogP contribution in [0.3, 0.4) is 0 Å². The second-order valence-electron chi connectivity index (χ2n) is 5.06. The fourth-order valence-corrected chi connectivity index (χ4v) is 2.81. The molecule has 1 aromatic carbocycles. The number of hydrogen-bond acceptors (Lipinski definition) is 3. The monoisotopic (exact) mass is 297 g/mol. The summed E-state index contributed by atoms with van der Waals surface area (Å²) in [6.45, 7) is 2.22. The first-order valence-corrected chi connectivity index (χ1v) is 7.38. The number of carbonyl (C=O) groups is 1. The predicted octanol–water partition coefficient (Wildman–Crippen LogP) is 3.05. The summed E-state index contributed by atoms with van der Waals surface area (Å²) < 4.78 is 5.67. The van der Waals surface area contributed by atoms with Gasteiger partial charge in [-0.3, -0.25) is 9.69 Å². The van der Waals surface area contributed by atoms with Gasteiger partial charge in [0.25, 0.3) is 0 Å². The maximum Gasteiger partial charge on any atom is 0.304 e. The van der Waals surface area contributed by atoms with Gasteiger partial charge < -0.3 is 9.84 Å². The topological polar surface area (TPSA) is 49.8 Å². The van der Waals surface area contributed by atoms with Crippen LogP contribution in [0.2, 0.25) is 5.02 Å². The second kappa shape index (κ2) is 7.50. The van der Waals surface area contributed by atoms with Crippen LogP contribution in [0.15, 0.2) is 24.3 Å². The average Bonchev–Trinajstić information content (AvgIpc) is 2.42. The summed E-state index contributed by atoms with van der Waals surface area (Å²) in [5.74, 6) is -0.0464. The Morgan fingerprint density at radius 1 is 1.40 bits per heavy atom. The molecular formula is C15H20ClNO3. The van der Waals surface area contributed by atoms with Crippen LogP contribution in [0.25, 0.3) is 0 Å². The smallest absolute Gasteiger partial charge is 0.304 e. The highest BCUT2D eigenvalue weighted by molar-refractivity contribution is 6.32. The zero-order valence-electron chi connectivity index (χ0n) is 11.4. The quantitative estimate of drug-likeness (QED) is 0.877. The Morgan fingerprint density at radius 2 is 2.20 bits per heavy atom. The fourth-order valence-electron chi connectivity index (χ4n) is 2.62. The average molecular weight is 298 g/mol. The van der Waals surface area contributed by atoms with Crippen LogP contribution in [0.1, 0.15) is 25.7 Å². The number of rotatable bonds is 6. The first kappa shape index (κ1) is 15.1. The molecule has 20 heavy (non-hydrogen) atoms. The molecule has 5 heteroatoms. The summed E-state index contributed by atoms with van der Waals surface area (Å²) >= 11 is 6.03.